The smallest absolute Gasteiger partial charge is 0.138 e. The van der Waals surface area contributed by atoms with Gasteiger partial charge in [-0.3, -0.25) is 4.90 Å². The summed E-state index contributed by atoms with van der Waals surface area (Å²) in [6.45, 7) is 7.17. The lowest BCUT2D eigenvalue weighted by Crippen LogP contribution is -2.44. The molecule has 2 rings (SSSR count). The Morgan fingerprint density at radius 3 is 2.75 bits per heavy atom. The van der Waals surface area contributed by atoms with E-state index in [4.69, 9.17) is 27.9 Å². The van der Waals surface area contributed by atoms with Crippen LogP contribution >= 0.6 is 23.2 Å². The van der Waals surface area contributed by atoms with Gasteiger partial charge in [0.1, 0.15) is 5.75 Å². The highest BCUT2D eigenvalue weighted by Gasteiger charge is 2.14. The minimum absolute atomic E-state index is 0.0992. The second-order valence-electron chi connectivity index (χ2n) is 5.09. The molecule has 1 aliphatic rings. The highest BCUT2D eigenvalue weighted by Crippen LogP contribution is 2.31. The zero-order valence-corrected chi connectivity index (χ0v) is 13.0. The molecule has 112 valence electrons. The topological polar surface area (TPSA) is 44.7 Å². The molecular formula is C14H20Cl2N2O2. The van der Waals surface area contributed by atoms with Crippen molar-refractivity contribution < 1.29 is 9.84 Å². The normalized spacial score (nSPS) is 18.1. The number of ether oxygens (including phenoxy) is 1. The number of rotatable bonds is 5. The summed E-state index contributed by atoms with van der Waals surface area (Å²) < 4.78 is 5.33. The zero-order valence-electron chi connectivity index (χ0n) is 11.5. The van der Waals surface area contributed by atoms with E-state index in [9.17, 15) is 5.11 Å². The monoisotopic (exact) mass is 318 g/mol. The summed E-state index contributed by atoms with van der Waals surface area (Å²) in [6, 6.07) is 3.58. The van der Waals surface area contributed by atoms with Crippen LogP contribution in [0.25, 0.3) is 0 Å². The van der Waals surface area contributed by atoms with E-state index in [1.807, 2.05) is 0 Å². The maximum Gasteiger partial charge on any atom is 0.138 e. The van der Waals surface area contributed by atoms with Gasteiger partial charge in [0, 0.05) is 42.8 Å². The van der Waals surface area contributed by atoms with Gasteiger partial charge in [0.25, 0.3) is 0 Å². The molecule has 1 saturated heterocycles. The Morgan fingerprint density at radius 2 is 2.05 bits per heavy atom. The fourth-order valence-corrected chi connectivity index (χ4v) is 2.81. The third-order valence-corrected chi connectivity index (χ3v) is 3.89. The molecule has 1 aliphatic heterocycles. The van der Waals surface area contributed by atoms with Crippen LogP contribution in [-0.4, -0.2) is 48.9 Å². The average molecular weight is 319 g/mol. The third kappa shape index (κ3) is 4.50. The van der Waals surface area contributed by atoms with Gasteiger partial charge in [-0.15, -0.1) is 0 Å². The first-order valence-corrected chi connectivity index (χ1v) is 7.52. The van der Waals surface area contributed by atoms with Gasteiger partial charge < -0.3 is 15.2 Å². The number of phenols is 1. The van der Waals surface area contributed by atoms with Crippen molar-refractivity contribution in [2.75, 3.05) is 32.8 Å². The summed E-state index contributed by atoms with van der Waals surface area (Å²) in [5.41, 5.74) is 0.719. The SMILES string of the molecule is CC(CN1CCOCC1)NCc1cc(Cl)cc(Cl)c1O. The first kappa shape index (κ1) is 15.9. The first-order valence-electron chi connectivity index (χ1n) is 6.76. The summed E-state index contributed by atoms with van der Waals surface area (Å²) in [6.07, 6.45) is 0. The number of hydrogen-bond donors (Lipinski definition) is 2. The van der Waals surface area contributed by atoms with Crippen LogP contribution in [0.3, 0.4) is 0 Å². The summed E-state index contributed by atoms with van der Waals surface area (Å²) >= 11 is 11.9. The van der Waals surface area contributed by atoms with Gasteiger partial charge in [-0.25, -0.2) is 0 Å². The standard InChI is InChI=1S/C14H20Cl2N2O2/c1-10(9-18-2-4-20-5-3-18)17-8-11-6-12(15)7-13(16)14(11)19/h6-7,10,17,19H,2-5,8-9H2,1H3. The molecule has 0 radical (unpaired) electrons. The van der Waals surface area contributed by atoms with E-state index in [-0.39, 0.29) is 10.8 Å². The second-order valence-corrected chi connectivity index (χ2v) is 5.93. The van der Waals surface area contributed by atoms with Gasteiger partial charge >= 0.3 is 0 Å². The quantitative estimate of drug-likeness (QED) is 0.875. The minimum atomic E-state index is 0.0992. The lowest BCUT2D eigenvalue weighted by Gasteiger charge is -2.29. The predicted molar refractivity (Wildman–Crippen MR) is 81.7 cm³/mol. The summed E-state index contributed by atoms with van der Waals surface area (Å²) in [7, 11) is 0. The van der Waals surface area contributed by atoms with E-state index in [1.165, 1.54) is 0 Å². The fraction of sp³-hybridized carbons (Fsp3) is 0.571. The van der Waals surface area contributed by atoms with Crippen LogP contribution in [0.5, 0.6) is 5.75 Å². The molecule has 4 nitrogen and oxygen atoms in total. The Bertz CT molecular complexity index is 451. The fourth-order valence-electron chi connectivity index (χ4n) is 2.27. The van der Waals surface area contributed by atoms with Gasteiger partial charge in [0.05, 0.1) is 18.2 Å². The Kier molecular flexibility index (Phi) is 5.93. The molecule has 1 aromatic rings. The van der Waals surface area contributed by atoms with Crippen LogP contribution in [0.1, 0.15) is 12.5 Å². The van der Waals surface area contributed by atoms with Crippen LogP contribution in [0.4, 0.5) is 0 Å². The molecule has 0 aromatic heterocycles. The van der Waals surface area contributed by atoms with E-state index in [0.717, 1.165) is 38.4 Å². The maximum absolute atomic E-state index is 9.90. The molecule has 1 heterocycles. The number of halogens is 2. The second kappa shape index (κ2) is 7.48. The number of benzene rings is 1. The average Bonchev–Trinajstić information content (AvgIpc) is 2.42. The molecular weight excluding hydrogens is 299 g/mol. The Hall–Kier alpha value is -0.520. The van der Waals surface area contributed by atoms with Crippen molar-refractivity contribution >= 4 is 23.2 Å². The minimum Gasteiger partial charge on any atom is -0.506 e. The zero-order chi connectivity index (χ0) is 14.5. The highest BCUT2D eigenvalue weighted by atomic mass is 35.5. The van der Waals surface area contributed by atoms with Crippen molar-refractivity contribution in [1.29, 1.82) is 0 Å². The van der Waals surface area contributed by atoms with Crippen molar-refractivity contribution in [3.05, 3.63) is 27.7 Å². The van der Waals surface area contributed by atoms with Crippen molar-refractivity contribution in [2.45, 2.75) is 19.5 Å². The van der Waals surface area contributed by atoms with Crippen LogP contribution in [0.15, 0.2) is 12.1 Å². The van der Waals surface area contributed by atoms with E-state index in [2.05, 4.69) is 17.1 Å². The van der Waals surface area contributed by atoms with Crippen molar-refractivity contribution in [2.24, 2.45) is 0 Å². The summed E-state index contributed by atoms with van der Waals surface area (Å²) in [5.74, 6) is 0.0992. The molecule has 2 N–H and O–H groups in total. The lowest BCUT2D eigenvalue weighted by atomic mass is 10.2. The lowest BCUT2D eigenvalue weighted by molar-refractivity contribution is 0.0343. The van der Waals surface area contributed by atoms with Crippen LogP contribution < -0.4 is 5.32 Å². The van der Waals surface area contributed by atoms with Crippen LogP contribution in [-0.2, 0) is 11.3 Å². The molecule has 1 fully saturated rings. The highest BCUT2D eigenvalue weighted by molar-refractivity contribution is 6.35. The summed E-state index contributed by atoms with van der Waals surface area (Å²) in [5, 5.41) is 14.1. The number of nitrogens with zero attached hydrogens (tertiary/aromatic N) is 1. The molecule has 1 atom stereocenters. The molecule has 1 aromatic carbocycles. The maximum atomic E-state index is 9.90. The number of nitrogens with one attached hydrogen (secondary N) is 1. The van der Waals surface area contributed by atoms with Crippen molar-refractivity contribution in [3.63, 3.8) is 0 Å². The van der Waals surface area contributed by atoms with Gasteiger partial charge in [0.15, 0.2) is 0 Å². The Balaban J connectivity index is 1.85. The molecule has 0 amide bonds. The Morgan fingerprint density at radius 1 is 1.35 bits per heavy atom. The van der Waals surface area contributed by atoms with E-state index in [1.54, 1.807) is 12.1 Å². The van der Waals surface area contributed by atoms with Crippen LogP contribution in [0, 0.1) is 0 Å². The molecule has 0 spiro atoms. The van der Waals surface area contributed by atoms with Crippen LogP contribution in [0.2, 0.25) is 10.0 Å². The first-order chi connectivity index (χ1) is 9.56. The molecule has 0 bridgehead atoms. The van der Waals surface area contributed by atoms with Gasteiger partial charge in [-0.2, -0.15) is 0 Å². The van der Waals surface area contributed by atoms with Crippen molar-refractivity contribution in [3.8, 4) is 5.75 Å². The molecule has 0 aliphatic carbocycles. The molecule has 20 heavy (non-hydrogen) atoms. The third-order valence-electron chi connectivity index (χ3n) is 3.38. The van der Waals surface area contributed by atoms with Gasteiger partial charge in [-0.1, -0.05) is 23.2 Å². The number of morpholine rings is 1. The number of aromatic hydroxyl groups is 1. The number of hydrogen-bond acceptors (Lipinski definition) is 4. The predicted octanol–water partition coefficient (Wildman–Crippen LogP) is 2.51. The number of phenolic OH excluding ortho intramolecular Hbond substituents is 1. The largest absolute Gasteiger partial charge is 0.506 e. The molecule has 6 heteroatoms. The summed E-state index contributed by atoms with van der Waals surface area (Å²) in [4.78, 5) is 2.37. The Labute approximate surface area is 129 Å². The van der Waals surface area contributed by atoms with E-state index in [0.29, 0.717) is 17.6 Å². The van der Waals surface area contributed by atoms with Gasteiger partial charge in [0.2, 0.25) is 0 Å². The van der Waals surface area contributed by atoms with E-state index < -0.39 is 0 Å². The van der Waals surface area contributed by atoms with Gasteiger partial charge in [-0.05, 0) is 19.1 Å². The molecule has 1 unspecified atom stereocenters. The molecule has 0 saturated carbocycles. The van der Waals surface area contributed by atoms with E-state index >= 15 is 0 Å². The van der Waals surface area contributed by atoms with Crippen molar-refractivity contribution in [1.82, 2.24) is 10.2 Å².